The number of urea groups is 1. The first kappa shape index (κ1) is 17.4. The molecule has 0 bridgehead atoms. The molecule has 0 aromatic carbocycles. The Morgan fingerprint density at radius 1 is 1.16 bits per heavy atom. The first-order valence-corrected chi connectivity index (χ1v) is 8.54. The van der Waals surface area contributed by atoms with Crippen molar-refractivity contribution in [3.8, 4) is 0 Å². The highest BCUT2D eigenvalue weighted by Gasteiger charge is 2.48. The summed E-state index contributed by atoms with van der Waals surface area (Å²) in [6.07, 6.45) is 1.98. The monoisotopic (exact) mass is 351 g/mol. The van der Waals surface area contributed by atoms with Gasteiger partial charge in [-0.05, 0) is 19.8 Å². The molecule has 1 N–H and O–H groups in total. The van der Waals surface area contributed by atoms with Crippen LogP contribution >= 0.6 is 0 Å². The molecular weight excluding hydrogens is 330 g/mol. The summed E-state index contributed by atoms with van der Waals surface area (Å²) in [6.45, 7) is 1.44. The van der Waals surface area contributed by atoms with E-state index in [0.717, 1.165) is 22.6 Å². The van der Waals surface area contributed by atoms with Gasteiger partial charge < -0.3 is 10.1 Å². The lowest BCUT2D eigenvalue weighted by Crippen LogP contribution is -2.43. The zero-order valence-corrected chi connectivity index (χ0v) is 14.0. The number of rotatable bonds is 4. The van der Waals surface area contributed by atoms with E-state index >= 15 is 0 Å². The minimum atomic E-state index is -1.16. The van der Waals surface area contributed by atoms with Crippen LogP contribution in [0.4, 0.5) is 4.79 Å². The topological polar surface area (TPSA) is 113 Å². The fourth-order valence-electron chi connectivity index (χ4n) is 3.70. The smallest absolute Gasteiger partial charge is 0.326 e. The Hall–Kier alpha value is -2.45. The van der Waals surface area contributed by atoms with Gasteiger partial charge in [-0.3, -0.25) is 29.0 Å². The predicted octanol–water partition coefficient (Wildman–Crippen LogP) is -0.355. The summed E-state index contributed by atoms with van der Waals surface area (Å²) in [6, 6.07) is -0.526. The quantitative estimate of drug-likeness (QED) is 0.547. The maximum absolute atomic E-state index is 12.3. The molecule has 5 amide bonds. The summed E-state index contributed by atoms with van der Waals surface area (Å²) in [4.78, 5) is 62.2. The number of amides is 5. The average Bonchev–Trinajstić information content (AvgIpc) is 3.12. The summed E-state index contributed by atoms with van der Waals surface area (Å²) in [5.41, 5.74) is 0. The fourth-order valence-corrected chi connectivity index (χ4v) is 3.70. The molecule has 0 spiro atoms. The maximum Gasteiger partial charge on any atom is 0.326 e. The molecule has 3 unspecified atom stereocenters. The van der Waals surface area contributed by atoms with Crippen molar-refractivity contribution in [1.29, 1.82) is 0 Å². The van der Waals surface area contributed by atoms with Crippen LogP contribution in [0.2, 0.25) is 0 Å². The lowest BCUT2D eigenvalue weighted by atomic mass is 9.81. The molecule has 1 saturated carbocycles. The highest BCUT2D eigenvalue weighted by molar-refractivity contribution is 6.07. The molecule has 136 valence electrons. The summed E-state index contributed by atoms with van der Waals surface area (Å²) < 4.78 is 5.03. The van der Waals surface area contributed by atoms with E-state index in [9.17, 15) is 24.0 Å². The van der Waals surface area contributed by atoms with Gasteiger partial charge in [0.1, 0.15) is 6.54 Å². The zero-order chi connectivity index (χ0) is 18.1. The maximum atomic E-state index is 12.3. The van der Waals surface area contributed by atoms with E-state index in [1.54, 1.807) is 0 Å². The number of carbonyl (C=O) groups excluding carboxylic acids is 5. The van der Waals surface area contributed by atoms with Crippen LogP contribution in [0.5, 0.6) is 0 Å². The third kappa shape index (κ3) is 3.22. The van der Waals surface area contributed by atoms with Crippen LogP contribution < -0.4 is 5.32 Å². The van der Waals surface area contributed by atoms with E-state index in [1.165, 1.54) is 6.92 Å². The van der Waals surface area contributed by atoms with Gasteiger partial charge in [0.05, 0.1) is 11.8 Å². The Labute approximate surface area is 144 Å². The molecule has 9 nitrogen and oxygen atoms in total. The van der Waals surface area contributed by atoms with Crippen LogP contribution in [-0.4, -0.2) is 65.3 Å². The Morgan fingerprint density at radius 2 is 1.76 bits per heavy atom. The van der Waals surface area contributed by atoms with Crippen molar-refractivity contribution in [3.05, 3.63) is 0 Å². The number of imide groups is 2. The number of fused-ring (bicyclic) bond motifs is 1. The van der Waals surface area contributed by atoms with Crippen LogP contribution in [0.15, 0.2) is 0 Å². The van der Waals surface area contributed by atoms with E-state index in [2.05, 4.69) is 5.32 Å². The first-order valence-electron chi connectivity index (χ1n) is 8.54. The Kier molecular flexibility index (Phi) is 4.73. The molecule has 0 aromatic rings. The average molecular weight is 351 g/mol. The van der Waals surface area contributed by atoms with Gasteiger partial charge in [-0.1, -0.05) is 12.8 Å². The van der Waals surface area contributed by atoms with Gasteiger partial charge in [-0.15, -0.1) is 0 Å². The van der Waals surface area contributed by atoms with Crippen molar-refractivity contribution in [2.75, 3.05) is 19.6 Å². The summed E-state index contributed by atoms with van der Waals surface area (Å²) in [5, 5.41) is 2.49. The molecule has 0 aromatic heterocycles. The minimum Gasteiger partial charge on any atom is -0.451 e. The van der Waals surface area contributed by atoms with E-state index in [-0.39, 0.29) is 30.2 Å². The van der Waals surface area contributed by atoms with Crippen LogP contribution in [0.3, 0.4) is 0 Å². The van der Waals surface area contributed by atoms with Crippen molar-refractivity contribution in [1.82, 2.24) is 15.1 Å². The summed E-state index contributed by atoms with van der Waals surface area (Å²) in [5.74, 6) is -2.78. The number of nitrogens with zero attached hydrogens (tertiary/aromatic N) is 2. The van der Waals surface area contributed by atoms with Crippen molar-refractivity contribution in [3.63, 3.8) is 0 Å². The molecule has 2 heterocycles. The SMILES string of the molecule is CC(OC(=O)CN1C(=O)C2CCCCC2C1=O)C(=O)N1CCNC1=O. The molecule has 3 aliphatic rings. The normalized spacial score (nSPS) is 27.2. The van der Waals surface area contributed by atoms with E-state index in [0.29, 0.717) is 19.4 Å². The number of esters is 1. The van der Waals surface area contributed by atoms with Crippen molar-refractivity contribution in [2.24, 2.45) is 11.8 Å². The second-order valence-corrected chi connectivity index (χ2v) is 6.61. The van der Waals surface area contributed by atoms with Gasteiger partial charge in [-0.2, -0.15) is 0 Å². The Balaban J connectivity index is 1.57. The summed E-state index contributed by atoms with van der Waals surface area (Å²) >= 11 is 0. The number of hydrogen-bond acceptors (Lipinski definition) is 6. The Bertz CT molecular complexity index is 609. The third-order valence-corrected chi connectivity index (χ3v) is 5.00. The Morgan fingerprint density at radius 3 is 2.28 bits per heavy atom. The molecule has 25 heavy (non-hydrogen) atoms. The predicted molar refractivity (Wildman–Crippen MR) is 82.8 cm³/mol. The lowest BCUT2D eigenvalue weighted by Gasteiger charge is -2.19. The van der Waals surface area contributed by atoms with Crippen LogP contribution in [0, 0.1) is 11.8 Å². The second kappa shape index (κ2) is 6.81. The molecule has 2 saturated heterocycles. The largest absolute Gasteiger partial charge is 0.451 e. The van der Waals surface area contributed by atoms with Crippen molar-refractivity contribution >= 4 is 29.7 Å². The number of carbonyl (C=O) groups is 5. The van der Waals surface area contributed by atoms with Crippen molar-refractivity contribution < 1.29 is 28.7 Å². The second-order valence-electron chi connectivity index (χ2n) is 6.61. The molecule has 3 atom stereocenters. The molecule has 0 radical (unpaired) electrons. The van der Waals surface area contributed by atoms with Gasteiger partial charge in [0.2, 0.25) is 11.8 Å². The molecule has 2 aliphatic heterocycles. The first-order chi connectivity index (χ1) is 11.9. The summed E-state index contributed by atoms with van der Waals surface area (Å²) in [7, 11) is 0. The number of ether oxygens (including phenoxy) is 1. The molecule has 9 heteroatoms. The van der Waals surface area contributed by atoms with Crippen molar-refractivity contribution in [2.45, 2.75) is 38.7 Å². The van der Waals surface area contributed by atoms with Gasteiger partial charge in [-0.25, -0.2) is 4.79 Å². The fraction of sp³-hybridized carbons (Fsp3) is 0.688. The van der Waals surface area contributed by atoms with Gasteiger partial charge in [0.25, 0.3) is 5.91 Å². The number of hydrogen-bond donors (Lipinski definition) is 1. The van der Waals surface area contributed by atoms with E-state index in [1.807, 2.05) is 0 Å². The zero-order valence-electron chi connectivity index (χ0n) is 14.0. The van der Waals surface area contributed by atoms with Gasteiger partial charge in [0, 0.05) is 13.1 Å². The molecule has 1 aliphatic carbocycles. The van der Waals surface area contributed by atoms with Gasteiger partial charge in [0.15, 0.2) is 6.10 Å². The number of nitrogens with one attached hydrogen (secondary N) is 1. The molecule has 3 fully saturated rings. The minimum absolute atomic E-state index is 0.214. The van der Waals surface area contributed by atoms with Crippen LogP contribution in [0.1, 0.15) is 32.6 Å². The highest BCUT2D eigenvalue weighted by Crippen LogP contribution is 2.37. The number of likely N-dealkylation sites (tertiary alicyclic amines) is 1. The third-order valence-electron chi connectivity index (χ3n) is 5.00. The van der Waals surface area contributed by atoms with E-state index < -0.39 is 30.6 Å². The van der Waals surface area contributed by atoms with Crippen LogP contribution in [-0.2, 0) is 23.9 Å². The van der Waals surface area contributed by atoms with E-state index in [4.69, 9.17) is 4.74 Å². The van der Waals surface area contributed by atoms with Crippen LogP contribution in [0.25, 0.3) is 0 Å². The highest BCUT2D eigenvalue weighted by atomic mass is 16.5. The van der Waals surface area contributed by atoms with Gasteiger partial charge >= 0.3 is 12.0 Å². The standard InChI is InChI=1S/C16H21N3O6/c1-9(13(21)18-7-6-17-16(18)24)25-12(20)8-19-14(22)10-4-2-3-5-11(10)15(19)23/h9-11H,2-8H2,1H3,(H,17,24). The lowest BCUT2D eigenvalue weighted by molar-refractivity contribution is -0.161. The molecular formula is C16H21N3O6. The molecule has 3 rings (SSSR count).